The molecule has 4 heteroatoms. The lowest BCUT2D eigenvalue weighted by atomic mass is 10.0. The van der Waals surface area contributed by atoms with Gasteiger partial charge >= 0.3 is 0 Å². The molecule has 19 heavy (non-hydrogen) atoms. The first-order valence-corrected chi connectivity index (χ1v) is 7.21. The number of carbonyl (C=O) groups is 1. The molecular formula is C15H12ClFOS. The van der Waals surface area contributed by atoms with Gasteiger partial charge in [0.1, 0.15) is 5.82 Å². The van der Waals surface area contributed by atoms with Crippen molar-refractivity contribution in [3.63, 3.8) is 0 Å². The van der Waals surface area contributed by atoms with Crippen molar-refractivity contribution in [2.24, 2.45) is 0 Å². The first kappa shape index (κ1) is 14.1. The highest BCUT2D eigenvalue weighted by molar-refractivity contribution is 7.99. The number of halogens is 2. The van der Waals surface area contributed by atoms with Gasteiger partial charge in [-0.2, -0.15) is 0 Å². The van der Waals surface area contributed by atoms with Gasteiger partial charge in [-0.15, -0.1) is 11.8 Å². The summed E-state index contributed by atoms with van der Waals surface area (Å²) < 4.78 is 13.7. The van der Waals surface area contributed by atoms with Crippen molar-refractivity contribution in [2.75, 3.05) is 5.75 Å². The molecule has 0 saturated heterocycles. The summed E-state index contributed by atoms with van der Waals surface area (Å²) in [5, 5.41) is 0.136. The van der Waals surface area contributed by atoms with E-state index in [0.29, 0.717) is 5.56 Å². The predicted octanol–water partition coefficient (Wildman–Crippen LogP) is 4.82. The minimum absolute atomic E-state index is 0.0694. The monoisotopic (exact) mass is 294 g/mol. The van der Waals surface area contributed by atoms with Crippen molar-refractivity contribution in [3.05, 3.63) is 64.4 Å². The summed E-state index contributed by atoms with van der Waals surface area (Å²) in [6.07, 6.45) is 0. The molecule has 0 fully saturated rings. The highest BCUT2D eigenvalue weighted by Gasteiger charge is 2.17. The number of carbonyl (C=O) groups excluding carboxylic acids is 1. The second-order valence-corrected chi connectivity index (χ2v) is 5.63. The molecule has 2 rings (SSSR count). The van der Waals surface area contributed by atoms with Gasteiger partial charge in [-0.3, -0.25) is 4.79 Å². The third-order valence-corrected chi connectivity index (χ3v) is 3.83. The van der Waals surface area contributed by atoms with Crippen molar-refractivity contribution in [1.82, 2.24) is 0 Å². The van der Waals surface area contributed by atoms with Crippen LogP contribution in [0.25, 0.3) is 0 Å². The van der Waals surface area contributed by atoms with Crippen LogP contribution in [0.3, 0.4) is 0 Å². The van der Waals surface area contributed by atoms with Crippen LogP contribution in [-0.4, -0.2) is 11.5 Å². The molecule has 0 radical (unpaired) electrons. The van der Waals surface area contributed by atoms with Crippen molar-refractivity contribution < 1.29 is 9.18 Å². The maximum absolute atomic E-state index is 13.7. The Hall–Kier alpha value is -1.32. The van der Waals surface area contributed by atoms with E-state index in [2.05, 4.69) is 6.92 Å². The standard InChI is InChI=1S/C15H12ClFOS/c1-2-19-11-8-6-10(7-9-11)15(18)14-12(16)4-3-5-13(14)17/h3-9H,2H2,1H3. The molecule has 0 aliphatic heterocycles. The first-order chi connectivity index (χ1) is 9.13. The summed E-state index contributed by atoms with van der Waals surface area (Å²) in [5.41, 5.74) is 0.368. The quantitative estimate of drug-likeness (QED) is 0.594. The summed E-state index contributed by atoms with van der Waals surface area (Å²) in [6.45, 7) is 2.06. The largest absolute Gasteiger partial charge is 0.288 e. The lowest BCUT2D eigenvalue weighted by molar-refractivity contribution is 0.103. The Bertz CT molecular complexity index is 575. The molecule has 0 saturated carbocycles. The highest BCUT2D eigenvalue weighted by Crippen LogP contribution is 2.24. The number of hydrogen-bond donors (Lipinski definition) is 0. The highest BCUT2D eigenvalue weighted by atomic mass is 35.5. The van der Waals surface area contributed by atoms with Crippen LogP contribution < -0.4 is 0 Å². The second-order valence-electron chi connectivity index (χ2n) is 3.88. The Balaban J connectivity index is 2.34. The Kier molecular flexibility index (Phi) is 4.61. The predicted molar refractivity (Wildman–Crippen MR) is 77.7 cm³/mol. The SMILES string of the molecule is CCSc1ccc(C(=O)c2c(F)cccc2Cl)cc1. The van der Waals surface area contributed by atoms with Crippen LogP contribution in [0, 0.1) is 5.82 Å². The summed E-state index contributed by atoms with van der Waals surface area (Å²) in [4.78, 5) is 13.3. The van der Waals surface area contributed by atoms with Gasteiger partial charge in [0.25, 0.3) is 0 Å². The van der Waals surface area contributed by atoms with Crippen LogP contribution in [0.15, 0.2) is 47.4 Å². The van der Waals surface area contributed by atoms with E-state index in [9.17, 15) is 9.18 Å². The van der Waals surface area contributed by atoms with Crippen molar-refractivity contribution in [3.8, 4) is 0 Å². The van der Waals surface area contributed by atoms with E-state index in [0.717, 1.165) is 10.6 Å². The van der Waals surface area contributed by atoms with Gasteiger partial charge in [-0.1, -0.05) is 24.6 Å². The maximum Gasteiger partial charge on any atom is 0.197 e. The maximum atomic E-state index is 13.7. The molecule has 0 heterocycles. The van der Waals surface area contributed by atoms with Crippen LogP contribution in [-0.2, 0) is 0 Å². The summed E-state index contributed by atoms with van der Waals surface area (Å²) in [5.74, 6) is -0.0208. The number of rotatable bonds is 4. The number of benzene rings is 2. The van der Waals surface area contributed by atoms with E-state index in [1.165, 1.54) is 18.2 Å². The van der Waals surface area contributed by atoms with Gasteiger partial charge in [0.2, 0.25) is 0 Å². The van der Waals surface area contributed by atoms with E-state index >= 15 is 0 Å². The normalized spacial score (nSPS) is 10.5. The van der Waals surface area contributed by atoms with Crippen molar-refractivity contribution in [2.45, 2.75) is 11.8 Å². The fraction of sp³-hybridized carbons (Fsp3) is 0.133. The Morgan fingerprint density at radius 1 is 1.21 bits per heavy atom. The molecule has 2 aromatic rings. The topological polar surface area (TPSA) is 17.1 Å². The van der Waals surface area contributed by atoms with E-state index in [4.69, 9.17) is 11.6 Å². The molecule has 0 amide bonds. The van der Waals surface area contributed by atoms with Crippen LogP contribution in [0.1, 0.15) is 22.8 Å². The van der Waals surface area contributed by atoms with E-state index in [1.54, 1.807) is 23.9 Å². The van der Waals surface area contributed by atoms with Gasteiger partial charge < -0.3 is 0 Å². The van der Waals surface area contributed by atoms with E-state index in [-0.39, 0.29) is 10.6 Å². The zero-order valence-electron chi connectivity index (χ0n) is 10.3. The third-order valence-electron chi connectivity index (χ3n) is 2.62. The molecule has 0 aliphatic rings. The summed E-state index contributed by atoms with van der Waals surface area (Å²) in [7, 11) is 0. The number of ketones is 1. The van der Waals surface area contributed by atoms with Gasteiger partial charge in [0.15, 0.2) is 5.78 Å². The fourth-order valence-corrected chi connectivity index (χ4v) is 2.64. The number of hydrogen-bond acceptors (Lipinski definition) is 2. The van der Waals surface area contributed by atoms with Crippen LogP contribution in [0.2, 0.25) is 5.02 Å². The Morgan fingerprint density at radius 3 is 2.47 bits per heavy atom. The molecule has 0 N–H and O–H groups in total. The molecule has 2 aromatic carbocycles. The molecule has 0 bridgehead atoms. The van der Waals surface area contributed by atoms with E-state index < -0.39 is 11.6 Å². The lowest BCUT2D eigenvalue weighted by Gasteiger charge is -2.06. The minimum Gasteiger partial charge on any atom is -0.288 e. The van der Waals surface area contributed by atoms with Gasteiger partial charge in [0, 0.05) is 10.5 Å². The molecule has 0 aliphatic carbocycles. The zero-order valence-corrected chi connectivity index (χ0v) is 11.9. The smallest absolute Gasteiger partial charge is 0.197 e. The average Bonchev–Trinajstić information content (AvgIpc) is 2.39. The van der Waals surface area contributed by atoms with Crippen molar-refractivity contribution >= 4 is 29.1 Å². The summed E-state index contributed by atoms with van der Waals surface area (Å²) in [6, 6.07) is 11.3. The molecule has 0 atom stereocenters. The molecule has 98 valence electrons. The van der Waals surface area contributed by atoms with Crippen molar-refractivity contribution in [1.29, 1.82) is 0 Å². The summed E-state index contributed by atoms with van der Waals surface area (Å²) >= 11 is 7.58. The number of thioether (sulfide) groups is 1. The molecule has 0 spiro atoms. The van der Waals surface area contributed by atoms with Crippen LogP contribution >= 0.6 is 23.4 Å². The van der Waals surface area contributed by atoms with Gasteiger partial charge in [-0.25, -0.2) is 4.39 Å². The molecule has 0 aromatic heterocycles. The third kappa shape index (κ3) is 3.17. The Morgan fingerprint density at radius 2 is 1.89 bits per heavy atom. The fourth-order valence-electron chi connectivity index (χ4n) is 1.73. The van der Waals surface area contributed by atoms with Crippen LogP contribution in [0.4, 0.5) is 4.39 Å². The van der Waals surface area contributed by atoms with E-state index in [1.807, 2.05) is 12.1 Å². The molecular weight excluding hydrogens is 283 g/mol. The zero-order chi connectivity index (χ0) is 13.8. The second kappa shape index (κ2) is 6.22. The Labute approximate surface area is 120 Å². The first-order valence-electron chi connectivity index (χ1n) is 5.85. The lowest BCUT2D eigenvalue weighted by Crippen LogP contribution is -2.05. The molecule has 1 nitrogen and oxygen atoms in total. The van der Waals surface area contributed by atoms with Crippen LogP contribution in [0.5, 0.6) is 0 Å². The average molecular weight is 295 g/mol. The van der Waals surface area contributed by atoms with Gasteiger partial charge in [0.05, 0.1) is 10.6 Å². The van der Waals surface area contributed by atoms with Gasteiger partial charge in [-0.05, 0) is 42.2 Å². The minimum atomic E-state index is -0.593. The molecule has 0 unspecified atom stereocenters.